The number of nitrogens with zero attached hydrogens (tertiary/aromatic N) is 2. The lowest BCUT2D eigenvalue weighted by Crippen LogP contribution is -2.44. The van der Waals surface area contributed by atoms with E-state index in [9.17, 15) is 13.2 Å². The van der Waals surface area contributed by atoms with Crippen molar-refractivity contribution >= 4 is 15.9 Å². The quantitative estimate of drug-likeness (QED) is 0.643. The van der Waals surface area contributed by atoms with E-state index in [0.717, 1.165) is 5.01 Å². The van der Waals surface area contributed by atoms with E-state index >= 15 is 0 Å². The average molecular weight is 245 g/mol. The highest BCUT2D eigenvalue weighted by atomic mass is 79.9. The Balaban J connectivity index is 2.87. The van der Waals surface area contributed by atoms with Crippen LogP contribution in [0.5, 0.6) is 0 Å². The Morgan fingerprint density at radius 2 is 1.92 bits per heavy atom. The fourth-order valence-corrected chi connectivity index (χ4v) is 1.92. The zero-order valence-corrected chi connectivity index (χ0v) is 8.15. The van der Waals surface area contributed by atoms with Crippen molar-refractivity contribution in [3.05, 3.63) is 10.7 Å². The fraction of sp³-hybridized carbons (Fsp3) is 0.667. The van der Waals surface area contributed by atoms with E-state index in [1.807, 2.05) is 0 Å². The molecule has 1 heterocycles. The summed E-state index contributed by atoms with van der Waals surface area (Å²) >= 11 is 2.88. The van der Waals surface area contributed by atoms with Crippen molar-refractivity contribution in [2.24, 2.45) is 0 Å². The molecule has 0 radical (unpaired) electrons. The molecule has 0 saturated heterocycles. The van der Waals surface area contributed by atoms with Crippen LogP contribution in [0.2, 0.25) is 0 Å². The molecular weight excluding hydrogens is 237 g/mol. The van der Waals surface area contributed by atoms with Crippen molar-refractivity contribution in [2.75, 3.05) is 14.1 Å². The molecule has 0 saturated carbocycles. The maximum absolute atomic E-state index is 12.3. The van der Waals surface area contributed by atoms with Gasteiger partial charge in [-0.25, -0.2) is 5.01 Å². The van der Waals surface area contributed by atoms with Gasteiger partial charge in [-0.3, -0.25) is 0 Å². The van der Waals surface area contributed by atoms with Crippen LogP contribution in [0.3, 0.4) is 0 Å². The third-order valence-corrected chi connectivity index (χ3v) is 2.39. The molecule has 6 heteroatoms. The van der Waals surface area contributed by atoms with Crippen molar-refractivity contribution in [1.29, 1.82) is 0 Å². The first kappa shape index (κ1) is 9.85. The second-order valence-corrected chi connectivity index (χ2v) is 3.52. The van der Waals surface area contributed by atoms with E-state index in [4.69, 9.17) is 0 Å². The Morgan fingerprint density at radius 3 is 2.08 bits per heavy atom. The highest BCUT2D eigenvalue weighted by Crippen LogP contribution is 2.36. The SMILES string of the molecule is CN1C=C(Br)C(C(F)(F)F)N1C. The van der Waals surface area contributed by atoms with Gasteiger partial charge in [0.25, 0.3) is 0 Å². The first-order chi connectivity index (χ1) is 5.34. The Bertz CT molecular complexity index is 213. The smallest absolute Gasteiger partial charge is 0.315 e. The van der Waals surface area contributed by atoms with E-state index in [2.05, 4.69) is 15.9 Å². The highest BCUT2D eigenvalue weighted by molar-refractivity contribution is 9.11. The number of alkyl halides is 3. The van der Waals surface area contributed by atoms with Gasteiger partial charge in [-0.15, -0.1) is 0 Å². The van der Waals surface area contributed by atoms with Gasteiger partial charge in [0.15, 0.2) is 6.04 Å². The summed E-state index contributed by atoms with van der Waals surface area (Å²) in [6.45, 7) is 0. The van der Waals surface area contributed by atoms with E-state index in [1.54, 1.807) is 7.05 Å². The van der Waals surface area contributed by atoms with Crippen molar-refractivity contribution < 1.29 is 13.2 Å². The average Bonchev–Trinajstić information content (AvgIpc) is 2.05. The molecule has 0 amide bonds. The molecule has 0 aliphatic carbocycles. The minimum Gasteiger partial charge on any atom is -0.315 e. The van der Waals surface area contributed by atoms with Gasteiger partial charge in [-0.05, 0) is 0 Å². The Hall–Kier alpha value is -0.230. The summed E-state index contributed by atoms with van der Waals surface area (Å²) in [4.78, 5) is 0. The van der Waals surface area contributed by atoms with Gasteiger partial charge in [0.2, 0.25) is 0 Å². The van der Waals surface area contributed by atoms with Crippen LogP contribution in [-0.2, 0) is 0 Å². The van der Waals surface area contributed by atoms with Gasteiger partial charge < -0.3 is 5.01 Å². The molecule has 0 aromatic rings. The van der Waals surface area contributed by atoms with E-state index in [1.165, 1.54) is 18.3 Å². The second-order valence-electron chi connectivity index (χ2n) is 2.61. The summed E-state index contributed by atoms with van der Waals surface area (Å²) < 4.78 is 37.0. The van der Waals surface area contributed by atoms with E-state index < -0.39 is 12.2 Å². The number of hydrazine groups is 1. The lowest BCUT2D eigenvalue weighted by Gasteiger charge is -2.28. The van der Waals surface area contributed by atoms with Crippen LogP contribution in [0, 0.1) is 0 Å². The van der Waals surface area contributed by atoms with E-state index in [-0.39, 0.29) is 4.48 Å². The first-order valence-electron chi connectivity index (χ1n) is 3.23. The van der Waals surface area contributed by atoms with Crippen LogP contribution in [0.25, 0.3) is 0 Å². The predicted molar refractivity (Wildman–Crippen MR) is 42.4 cm³/mol. The zero-order valence-electron chi connectivity index (χ0n) is 6.56. The number of halogens is 4. The Labute approximate surface area is 76.7 Å². The topological polar surface area (TPSA) is 6.48 Å². The van der Waals surface area contributed by atoms with Gasteiger partial charge in [-0.1, -0.05) is 15.9 Å². The maximum Gasteiger partial charge on any atom is 0.410 e. The molecule has 1 aliphatic heterocycles. The normalized spacial score (nSPS) is 26.3. The lowest BCUT2D eigenvalue weighted by atomic mass is 10.3. The van der Waals surface area contributed by atoms with Gasteiger partial charge in [-0.2, -0.15) is 13.2 Å². The van der Waals surface area contributed by atoms with E-state index in [0.29, 0.717) is 0 Å². The molecule has 1 rings (SSSR count). The fourth-order valence-electron chi connectivity index (χ4n) is 1.07. The summed E-state index contributed by atoms with van der Waals surface area (Å²) in [5.74, 6) is 0. The summed E-state index contributed by atoms with van der Waals surface area (Å²) in [6.07, 6.45) is -2.83. The largest absolute Gasteiger partial charge is 0.410 e. The van der Waals surface area contributed by atoms with Crippen LogP contribution in [0.15, 0.2) is 10.7 Å². The predicted octanol–water partition coefficient (Wildman–Crippen LogP) is 1.95. The molecule has 1 unspecified atom stereocenters. The van der Waals surface area contributed by atoms with Crippen molar-refractivity contribution in [1.82, 2.24) is 10.0 Å². The van der Waals surface area contributed by atoms with Crippen LogP contribution >= 0.6 is 15.9 Å². The van der Waals surface area contributed by atoms with Crippen LogP contribution < -0.4 is 0 Å². The molecule has 70 valence electrons. The number of likely N-dealkylation sites (N-methyl/N-ethyl adjacent to an activating group) is 1. The van der Waals surface area contributed by atoms with Crippen molar-refractivity contribution in [3.8, 4) is 0 Å². The molecule has 0 N–H and O–H groups in total. The highest BCUT2D eigenvalue weighted by Gasteiger charge is 2.48. The lowest BCUT2D eigenvalue weighted by molar-refractivity contribution is -0.184. The summed E-state index contributed by atoms with van der Waals surface area (Å²) in [6, 6.07) is -1.54. The molecule has 0 bridgehead atoms. The molecule has 1 atom stereocenters. The molecular formula is C6H8BrF3N2. The molecule has 0 aromatic heterocycles. The second kappa shape index (κ2) is 2.92. The van der Waals surface area contributed by atoms with Gasteiger partial charge in [0, 0.05) is 24.8 Å². The Morgan fingerprint density at radius 1 is 1.42 bits per heavy atom. The molecule has 0 fully saturated rings. The Kier molecular flexibility index (Phi) is 2.40. The first-order valence-corrected chi connectivity index (χ1v) is 4.03. The van der Waals surface area contributed by atoms with Crippen molar-refractivity contribution in [2.45, 2.75) is 12.2 Å². The zero-order chi connectivity index (χ0) is 9.52. The van der Waals surface area contributed by atoms with Gasteiger partial charge >= 0.3 is 6.18 Å². The van der Waals surface area contributed by atoms with Crippen LogP contribution in [0.4, 0.5) is 13.2 Å². The number of rotatable bonds is 0. The van der Waals surface area contributed by atoms with Gasteiger partial charge in [0.05, 0.1) is 0 Å². The van der Waals surface area contributed by atoms with Crippen LogP contribution in [0.1, 0.15) is 0 Å². The standard InChI is InChI=1S/C6H8BrF3N2/c1-11-3-4(7)5(12(11)2)6(8,9)10/h3,5H,1-2H3. The van der Waals surface area contributed by atoms with Crippen LogP contribution in [-0.4, -0.2) is 36.3 Å². The monoisotopic (exact) mass is 244 g/mol. The van der Waals surface area contributed by atoms with Gasteiger partial charge in [0.1, 0.15) is 0 Å². The number of hydrogen-bond donors (Lipinski definition) is 0. The minimum atomic E-state index is -4.23. The summed E-state index contributed by atoms with van der Waals surface area (Å²) in [5.41, 5.74) is 0. The number of hydrogen-bond acceptors (Lipinski definition) is 2. The summed E-state index contributed by atoms with van der Waals surface area (Å²) in [5, 5.41) is 2.51. The third-order valence-electron chi connectivity index (χ3n) is 1.75. The molecule has 0 aromatic carbocycles. The molecule has 12 heavy (non-hydrogen) atoms. The third kappa shape index (κ3) is 1.59. The van der Waals surface area contributed by atoms with Crippen molar-refractivity contribution in [3.63, 3.8) is 0 Å². The summed E-state index contributed by atoms with van der Waals surface area (Å²) in [7, 11) is 2.95. The molecule has 1 aliphatic rings. The minimum absolute atomic E-state index is 0.139. The maximum atomic E-state index is 12.3. The molecule has 2 nitrogen and oxygen atoms in total. The molecule has 0 spiro atoms.